The molecule has 41 heavy (non-hydrogen) atoms. The van der Waals surface area contributed by atoms with Crippen LogP contribution in [0.2, 0.25) is 0 Å². The SMILES string of the molecule is Cc1ccc(C)n1-c1nccc(CC(=O)N2CCc3cc(NC(=O)C4=C(c5ccc(F)cc5)CCCC4)ccc32)n1. The lowest BCUT2D eigenvalue weighted by molar-refractivity contribution is -0.118. The summed E-state index contributed by atoms with van der Waals surface area (Å²) in [5.41, 5.74) is 7.98. The Hall–Kier alpha value is -4.59. The van der Waals surface area contributed by atoms with Gasteiger partial charge in [0.05, 0.1) is 12.1 Å². The number of rotatable bonds is 6. The molecule has 2 aromatic heterocycles. The van der Waals surface area contributed by atoms with Crippen molar-refractivity contribution >= 4 is 28.8 Å². The number of carbonyl (C=O) groups is 2. The number of allylic oxidation sites excluding steroid dienone is 1. The molecule has 3 heterocycles. The first-order chi connectivity index (χ1) is 19.9. The van der Waals surface area contributed by atoms with Gasteiger partial charge in [0.15, 0.2) is 0 Å². The number of anilines is 2. The molecule has 4 aromatic rings. The van der Waals surface area contributed by atoms with Crippen molar-refractivity contribution in [1.82, 2.24) is 14.5 Å². The molecule has 0 saturated carbocycles. The lowest BCUT2D eigenvalue weighted by atomic mass is 9.87. The van der Waals surface area contributed by atoms with Crippen LogP contribution in [0.15, 0.2) is 72.4 Å². The fourth-order valence-electron chi connectivity index (χ4n) is 5.90. The van der Waals surface area contributed by atoms with Crippen LogP contribution in [0.4, 0.5) is 15.8 Å². The van der Waals surface area contributed by atoms with Crippen LogP contribution < -0.4 is 10.2 Å². The van der Waals surface area contributed by atoms with E-state index in [1.807, 2.05) is 48.7 Å². The molecule has 6 rings (SSSR count). The van der Waals surface area contributed by atoms with Crippen LogP contribution in [0.1, 0.15) is 53.9 Å². The van der Waals surface area contributed by atoms with Crippen molar-refractivity contribution in [3.8, 4) is 5.95 Å². The van der Waals surface area contributed by atoms with Crippen molar-refractivity contribution in [1.29, 1.82) is 0 Å². The molecule has 0 atom stereocenters. The summed E-state index contributed by atoms with van der Waals surface area (Å²) in [7, 11) is 0. The summed E-state index contributed by atoms with van der Waals surface area (Å²) in [6.45, 7) is 4.59. The number of nitrogens with one attached hydrogen (secondary N) is 1. The fraction of sp³-hybridized carbons (Fsp3) is 0.273. The summed E-state index contributed by atoms with van der Waals surface area (Å²) >= 11 is 0. The Kier molecular flexibility index (Phi) is 7.22. The van der Waals surface area contributed by atoms with Gasteiger partial charge in [0.2, 0.25) is 11.9 Å². The zero-order chi connectivity index (χ0) is 28.5. The molecular weight excluding hydrogens is 517 g/mol. The van der Waals surface area contributed by atoms with Crippen LogP contribution in [0, 0.1) is 19.7 Å². The molecule has 2 aromatic carbocycles. The average Bonchev–Trinajstić information content (AvgIpc) is 3.55. The number of fused-ring (bicyclic) bond motifs is 1. The molecule has 1 N–H and O–H groups in total. The molecule has 2 aliphatic rings. The first-order valence-corrected chi connectivity index (χ1v) is 14.1. The maximum absolute atomic E-state index is 13.5. The van der Waals surface area contributed by atoms with Gasteiger partial charge in [-0.15, -0.1) is 0 Å². The number of benzene rings is 2. The number of amides is 2. The Bertz CT molecular complexity index is 1650. The predicted octanol–water partition coefficient (Wildman–Crippen LogP) is 6.12. The summed E-state index contributed by atoms with van der Waals surface area (Å²) in [6, 6.07) is 17.9. The van der Waals surface area contributed by atoms with Gasteiger partial charge in [0.25, 0.3) is 5.91 Å². The molecule has 0 saturated heterocycles. The van der Waals surface area contributed by atoms with Crippen molar-refractivity contribution < 1.29 is 14.0 Å². The van der Waals surface area contributed by atoms with E-state index < -0.39 is 0 Å². The average molecular weight is 550 g/mol. The minimum absolute atomic E-state index is 0.0255. The van der Waals surface area contributed by atoms with E-state index in [0.717, 1.165) is 58.6 Å². The van der Waals surface area contributed by atoms with E-state index >= 15 is 0 Å². The molecule has 8 heteroatoms. The number of hydrogen-bond acceptors (Lipinski definition) is 4. The molecule has 1 aliphatic carbocycles. The van der Waals surface area contributed by atoms with E-state index in [1.165, 1.54) is 12.1 Å². The zero-order valence-corrected chi connectivity index (χ0v) is 23.3. The van der Waals surface area contributed by atoms with Crippen LogP contribution in [0.3, 0.4) is 0 Å². The van der Waals surface area contributed by atoms with E-state index in [1.54, 1.807) is 29.3 Å². The Morgan fingerprint density at radius 1 is 0.927 bits per heavy atom. The van der Waals surface area contributed by atoms with E-state index in [-0.39, 0.29) is 24.1 Å². The number of aromatic nitrogens is 3. The van der Waals surface area contributed by atoms with Gasteiger partial charge in [-0.2, -0.15) is 0 Å². The lowest BCUT2D eigenvalue weighted by Gasteiger charge is -2.21. The van der Waals surface area contributed by atoms with Gasteiger partial charge in [-0.1, -0.05) is 12.1 Å². The first kappa shape index (κ1) is 26.6. The third-order valence-corrected chi connectivity index (χ3v) is 7.97. The third-order valence-electron chi connectivity index (χ3n) is 7.97. The monoisotopic (exact) mass is 549 g/mol. The van der Waals surface area contributed by atoms with Gasteiger partial charge in [0, 0.05) is 41.1 Å². The Morgan fingerprint density at radius 3 is 2.46 bits per heavy atom. The Morgan fingerprint density at radius 2 is 1.68 bits per heavy atom. The number of nitrogens with zero attached hydrogens (tertiary/aromatic N) is 4. The van der Waals surface area contributed by atoms with Crippen molar-refractivity contribution in [3.05, 3.63) is 106 Å². The quantitative estimate of drug-likeness (QED) is 0.314. The Balaban J connectivity index is 1.16. The summed E-state index contributed by atoms with van der Waals surface area (Å²) in [6.07, 6.45) is 6.04. The van der Waals surface area contributed by atoms with E-state index in [2.05, 4.69) is 15.3 Å². The number of hydrogen-bond donors (Lipinski definition) is 1. The molecular formula is C33H32FN5O2. The van der Waals surface area contributed by atoms with E-state index in [9.17, 15) is 14.0 Å². The highest BCUT2D eigenvalue weighted by molar-refractivity contribution is 6.09. The predicted molar refractivity (Wildman–Crippen MR) is 157 cm³/mol. The first-order valence-electron chi connectivity index (χ1n) is 14.1. The molecule has 2 amide bonds. The number of aryl methyl sites for hydroxylation is 2. The molecule has 0 unspecified atom stereocenters. The Labute approximate surface area is 238 Å². The molecule has 0 spiro atoms. The molecule has 1 aliphatic heterocycles. The smallest absolute Gasteiger partial charge is 0.251 e. The summed E-state index contributed by atoms with van der Waals surface area (Å²) in [4.78, 5) is 37.5. The highest BCUT2D eigenvalue weighted by atomic mass is 19.1. The molecule has 0 radical (unpaired) electrons. The largest absolute Gasteiger partial charge is 0.322 e. The highest BCUT2D eigenvalue weighted by Crippen LogP contribution is 2.35. The summed E-state index contributed by atoms with van der Waals surface area (Å²) in [5.74, 6) is 0.129. The third kappa shape index (κ3) is 5.42. The zero-order valence-electron chi connectivity index (χ0n) is 23.3. The van der Waals surface area contributed by atoms with Gasteiger partial charge in [-0.25, -0.2) is 14.4 Å². The van der Waals surface area contributed by atoms with Gasteiger partial charge in [-0.3, -0.25) is 14.2 Å². The standard InChI is InChI=1S/C33H32FN5O2/c1-21-7-8-22(2)39(21)33-35-17-15-27(37-33)20-31(40)38-18-16-24-19-26(13-14-30(24)38)36-32(41)29-6-4-3-5-28(29)23-9-11-25(34)12-10-23/h7-15,17,19H,3-6,16,18,20H2,1-2H3,(H,36,41). The van der Waals surface area contributed by atoms with Crippen molar-refractivity contribution in [3.63, 3.8) is 0 Å². The second-order valence-electron chi connectivity index (χ2n) is 10.7. The lowest BCUT2D eigenvalue weighted by Crippen LogP contribution is -2.30. The summed E-state index contributed by atoms with van der Waals surface area (Å²) in [5, 5.41) is 3.07. The maximum Gasteiger partial charge on any atom is 0.251 e. The number of carbonyl (C=O) groups excluding carboxylic acids is 2. The highest BCUT2D eigenvalue weighted by Gasteiger charge is 2.26. The second kappa shape index (κ2) is 11.1. The van der Waals surface area contributed by atoms with Crippen molar-refractivity contribution in [2.24, 2.45) is 0 Å². The second-order valence-corrected chi connectivity index (χ2v) is 10.7. The van der Waals surface area contributed by atoms with Gasteiger partial charge in [0.1, 0.15) is 5.82 Å². The van der Waals surface area contributed by atoms with Gasteiger partial charge >= 0.3 is 0 Å². The molecule has 7 nitrogen and oxygen atoms in total. The van der Waals surface area contributed by atoms with Crippen LogP contribution >= 0.6 is 0 Å². The number of halogens is 1. The summed E-state index contributed by atoms with van der Waals surface area (Å²) < 4.78 is 15.4. The van der Waals surface area contributed by atoms with Crippen LogP contribution in [0.25, 0.3) is 11.5 Å². The van der Waals surface area contributed by atoms with Crippen LogP contribution in [-0.4, -0.2) is 32.9 Å². The normalized spacial score (nSPS) is 14.8. The van der Waals surface area contributed by atoms with Crippen LogP contribution in [0.5, 0.6) is 0 Å². The fourth-order valence-corrected chi connectivity index (χ4v) is 5.90. The molecule has 0 bridgehead atoms. The van der Waals surface area contributed by atoms with E-state index in [4.69, 9.17) is 0 Å². The maximum atomic E-state index is 13.5. The van der Waals surface area contributed by atoms with Gasteiger partial charge in [-0.05, 0) is 111 Å². The van der Waals surface area contributed by atoms with Gasteiger partial charge < -0.3 is 10.2 Å². The van der Waals surface area contributed by atoms with Crippen molar-refractivity contribution in [2.75, 3.05) is 16.8 Å². The minimum Gasteiger partial charge on any atom is -0.322 e. The van der Waals surface area contributed by atoms with Crippen molar-refractivity contribution in [2.45, 2.75) is 52.4 Å². The topological polar surface area (TPSA) is 80.1 Å². The van der Waals surface area contributed by atoms with Crippen LogP contribution in [-0.2, 0) is 22.4 Å². The molecule has 208 valence electrons. The minimum atomic E-state index is -0.286. The van der Waals surface area contributed by atoms with E-state index in [0.29, 0.717) is 36.7 Å². The molecule has 0 fully saturated rings.